The van der Waals surface area contributed by atoms with Crippen molar-refractivity contribution in [1.29, 1.82) is 0 Å². The Balaban J connectivity index is 1.79. The number of para-hydroxylation sites is 1. The number of nitrogens with one attached hydrogen (secondary N) is 1. The minimum absolute atomic E-state index is 0.0750. The molecule has 3 rings (SSSR count). The van der Waals surface area contributed by atoms with Gasteiger partial charge in [-0.2, -0.15) is 0 Å². The zero-order valence-corrected chi connectivity index (χ0v) is 16.2. The van der Waals surface area contributed by atoms with Crippen molar-refractivity contribution in [3.05, 3.63) is 59.7 Å². The Morgan fingerprint density at radius 2 is 1.92 bits per heavy atom. The molecule has 0 saturated carbocycles. The first-order valence-corrected chi connectivity index (χ1v) is 9.86. The molecule has 0 spiro atoms. The van der Waals surface area contributed by atoms with E-state index in [1.165, 1.54) is 0 Å². The first kappa shape index (κ1) is 18.5. The minimum atomic E-state index is -0.0750. The average Bonchev–Trinajstić information content (AvgIpc) is 2.64. The van der Waals surface area contributed by atoms with Crippen LogP contribution in [-0.4, -0.2) is 23.6 Å². The summed E-state index contributed by atoms with van der Waals surface area (Å²) in [5.74, 6) is 0.844. The van der Waals surface area contributed by atoms with Gasteiger partial charge in [-0.15, -0.1) is 11.8 Å². The summed E-state index contributed by atoms with van der Waals surface area (Å²) >= 11 is 1.57. The van der Waals surface area contributed by atoms with Crippen molar-refractivity contribution >= 4 is 29.3 Å². The van der Waals surface area contributed by atoms with Crippen molar-refractivity contribution in [2.24, 2.45) is 5.92 Å². The molecule has 136 valence electrons. The number of amides is 2. The molecule has 1 N–H and O–H groups in total. The van der Waals surface area contributed by atoms with Crippen molar-refractivity contribution in [2.45, 2.75) is 38.3 Å². The van der Waals surface area contributed by atoms with Crippen LogP contribution in [0.4, 0.5) is 5.69 Å². The van der Waals surface area contributed by atoms with Crippen LogP contribution in [-0.2, 0) is 11.3 Å². The molecule has 0 aromatic heterocycles. The minimum Gasteiger partial charge on any atom is -0.349 e. The number of hydrogen-bond donors (Lipinski definition) is 1. The molecule has 0 radical (unpaired) electrons. The molecule has 1 heterocycles. The second-order valence-electron chi connectivity index (χ2n) is 6.94. The highest BCUT2D eigenvalue weighted by Gasteiger charge is 2.24. The SMILES string of the molecule is CC(C)C(C)NC(=O)c1cccc(CN2C(=O)CSc3ccccc32)c1. The number of hydrogen-bond acceptors (Lipinski definition) is 3. The molecular weight excluding hydrogens is 344 g/mol. The van der Waals surface area contributed by atoms with Crippen molar-refractivity contribution in [1.82, 2.24) is 5.32 Å². The molecule has 0 aliphatic carbocycles. The fraction of sp³-hybridized carbons (Fsp3) is 0.333. The Morgan fingerprint density at radius 3 is 2.69 bits per heavy atom. The first-order valence-electron chi connectivity index (χ1n) is 8.87. The Kier molecular flexibility index (Phi) is 5.67. The van der Waals surface area contributed by atoms with E-state index in [0.29, 0.717) is 23.8 Å². The molecule has 2 aromatic carbocycles. The van der Waals surface area contributed by atoms with E-state index < -0.39 is 0 Å². The maximum Gasteiger partial charge on any atom is 0.251 e. The van der Waals surface area contributed by atoms with Crippen LogP contribution >= 0.6 is 11.8 Å². The number of rotatable bonds is 5. The third kappa shape index (κ3) is 4.10. The predicted octanol–water partition coefficient (Wildman–Crippen LogP) is 4.10. The normalized spacial score (nSPS) is 14.9. The van der Waals surface area contributed by atoms with Crippen LogP contribution in [0.15, 0.2) is 53.4 Å². The van der Waals surface area contributed by atoms with E-state index in [9.17, 15) is 9.59 Å². The number of nitrogens with zero attached hydrogens (tertiary/aromatic N) is 1. The summed E-state index contributed by atoms with van der Waals surface area (Å²) < 4.78 is 0. The van der Waals surface area contributed by atoms with Crippen LogP contribution in [0, 0.1) is 5.92 Å². The molecule has 26 heavy (non-hydrogen) atoms. The van der Waals surface area contributed by atoms with E-state index in [1.54, 1.807) is 16.7 Å². The number of anilines is 1. The van der Waals surface area contributed by atoms with Gasteiger partial charge in [0.2, 0.25) is 5.91 Å². The standard InChI is InChI=1S/C21H24N2O2S/c1-14(2)15(3)22-21(25)17-8-6-7-16(11-17)12-23-18-9-4-5-10-19(18)26-13-20(23)24/h4-11,14-15H,12-13H2,1-3H3,(H,22,25). The van der Waals surface area contributed by atoms with Gasteiger partial charge in [-0.05, 0) is 42.7 Å². The number of thioether (sulfide) groups is 1. The van der Waals surface area contributed by atoms with E-state index in [4.69, 9.17) is 0 Å². The maximum absolute atomic E-state index is 12.5. The molecule has 1 aliphatic heterocycles. The molecule has 4 nitrogen and oxygen atoms in total. The summed E-state index contributed by atoms with van der Waals surface area (Å²) in [5.41, 5.74) is 2.52. The van der Waals surface area contributed by atoms with E-state index >= 15 is 0 Å². The van der Waals surface area contributed by atoms with Gasteiger partial charge in [0.25, 0.3) is 5.91 Å². The van der Waals surface area contributed by atoms with Gasteiger partial charge in [0.05, 0.1) is 18.0 Å². The Bertz CT molecular complexity index is 819. The summed E-state index contributed by atoms with van der Waals surface area (Å²) in [5, 5.41) is 3.03. The van der Waals surface area contributed by atoms with Gasteiger partial charge in [0.15, 0.2) is 0 Å². The smallest absolute Gasteiger partial charge is 0.251 e. The van der Waals surface area contributed by atoms with E-state index in [2.05, 4.69) is 19.2 Å². The Morgan fingerprint density at radius 1 is 1.15 bits per heavy atom. The second-order valence-corrected chi connectivity index (χ2v) is 7.96. The molecular formula is C21H24N2O2S. The predicted molar refractivity (Wildman–Crippen MR) is 107 cm³/mol. The van der Waals surface area contributed by atoms with Crippen LogP contribution in [0.2, 0.25) is 0 Å². The van der Waals surface area contributed by atoms with Crippen LogP contribution in [0.3, 0.4) is 0 Å². The van der Waals surface area contributed by atoms with Gasteiger partial charge >= 0.3 is 0 Å². The molecule has 0 bridgehead atoms. The van der Waals surface area contributed by atoms with Crippen LogP contribution in [0.5, 0.6) is 0 Å². The molecule has 1 aliphatic rings. The summed E-state index contributed by atoms with van der Waals surface area (Å²) in [6, 6.07) is 15.6. The number of fused-ring (bicyclic) bond motifs is 1. The quantitative estimate of drug-likeness (QED) is 0.864. The molecule has 1 atom stereocenters. The Labute approximate surface area is 159 Å². The monoisotopic (exact) mass is 368 g/mol. The third-order valence-corrected chi connectivity index (χ3v) is 5.74. The number of carbonyl (C=O) groups excluding carboxylic acids is 2. The van der Waals surface area contributed by atoms with Crippen molar-refractivity contribution < 1.29 is 9.59 Å². The van der Waals surface area contributed by atoms with Crippen LogP contribution < -0.4 is 10.2 Å². The molecule has 0 saturated heterocycles. The maximum atomic E-state index is 12.5. The highest BCUT2D eigenvalue weighted by molar-refractivity contribution is 8.00. The zero-order chi connectivity index (χ0) is 18.7. The third-order valence-electron chi connectivity index (χ3n) is 4.70. The lowest BCUT2D eigenvalue weighted by atomic mass is 10.0. The lowest BCUT2D eigenvalue weighted by Crippen LogP contribution is -2.36. The zero-order valence-electron chi connectivity index (χ0n) is 15.4. The van der Waals surface area contributed by atoms with Gasteiger partial charge in [0.1, 0.15) is 0 Å². The van der Waals surface area contributed by atoms with Gasteiger partial charge in [0, 0.05) is 16.5 Å². The summed E-state index contributed by atoms with van der Waals surface area (Å²) in [4.78, 5) is 27.8. The summed E-state index contributed by atoms with van der Waals surface area (Å²) in [6.45, 7) is 6.64. The van der Waals surface area contributed by atoms with Gasteiger partial charge in [-0.25, -0.2) is 0 Å². The first-order chi connectivity index (χ1) is 12.5. The van der Waals surface area contributed by atoms with Crippen molar-refractivity contribution in [2.75, 3.05) is 10.7 Å². The van der Waals surface area contributed by atoms with E-state index in [1.807, 2.05) is 55.5 Å². The highest BCUT2D eigenvalue weighted by atomic mass is 32.2. The largest absolute Gasteiger partial charge is 0.349 e. The van der Waals surface area contributed by atoms with Gasteiger partial charge < -0.3 is 10.2 Å². The molecule has 0 fully saturated rings. The Hall–Kier alpha value is -2.27. The van der Waals surface area contributed by atoms with Crippen LogP contribution in [0.1, 0.15) is 36.7 Å². The van der Waals surface area contributed by atoms with E-state index in [0.717, 1.165) is 16.1 Å². The van der Waals surface area contributed by atoms with E-state index in [-0.39, 0.29) is 17.9 Å². The molecule has 5 heteroatoms. The average molecular weight is 369 g/mol. The van der Waals surface area contributed by atoms with Crippen molar-refractivity contribution in [3.8, 4) is 0 Å². The van der Waals surface area contributed by atoms with Gasteiger partial charge in [-0.1, -0.05) is 38.1 Å². The number of carbonyl (C=O) groups is 2. The fourth-order valence-corrected chi connectivity index (χ4v) is 3.71. The fourth-order valence-electron chi connectivity index (χ4n) is 2.78. The lowest BCUT2D eigenvalue weighted by molar-refractivity contribution is -0.116. The molecule has 2 amide bonds. The molecule has 2 aromatic rings. The van der Waals surface area contributed by atoms with Crippen molar-refractivity contribution in [3.63, 3.8) is 0 Å². The number of benzene rings is 2. The second kappa shape index (κ2) is 7.96. The summed E-state index contributed by atoms with van der Waals surface area (Å²) in [7, 11) is 0. The lowest BCUT2D eigenvalue weighted by Gasteiger charge is -2.29. The van der Waals surface area contributed by atoms with Gasteiger partial charge in [-0.3, -0.25) is 9.59 Å². The van der Waals surface area contributed by atoms with Crippen LogP contribution in [0.25, 0.3) is 0 Å². The highest BCUT2D eigenvalue weighted by Crippen LogP contribution is 2.35. The molecule has 1 unspecified atom stereocenters. The summed E-state index contributed by atoms with van der Waals surface area (Å²) in [6.07, 6.45) is 0. The topological polar surface area (TPSA) is 49.4 Å².